The van der Waals surface area contributed by atoms with Crippen LogP contribution in [0.25, 0.3) is 0 Å². The van der Waals surface area contributed by atoms with Gasteiger partial charge >= 0.3 is 0 Å². The highest BCUT2D eigenvalue weighted by molar-refractivity contribution is 5.94. The summed E-state index contributed by atoms with van der Waals surface area (Å²) in [5, 5.41) is 6.65. The lowest BCUT2D eigenvalue weighted by molar-refractivity contribution is -0.126. The molecule has 1 atom stereocenters. The first-order chi connectivity index (χ1) is 13.2. The van der Waals surface area contributed by atoms with Crippen molar-refractivity contribution in [1.29, 1.82) is 0 Å². The number of nitrogens with one attached hydrogen (secondary N) is 1. The Balaban J connectivity index is 1.51. The Bertz CT molecular complexity index is 805. The van der Waals surface area contributed by atoms with Gasteiger partial charge < -0.3 is 24.4 Å². The number of nitrogens with zero attached hydrogens (tertiary/aromatic N) is 1. The number of fused-ring (bicyclic) bond motifs is 1. The van der Waals surface area contributed by atoms with Crippen molar-refractivity contribution in [3.63, 3.8) is 0 Å². The van der Waals surface area contributed by atoms with Crippen LogP contribution in [-0.2, 0) is 9.63 Å². The summed E-state index contributed by atoms with van der Waals surface area (Å²) in [7, 11) is 0. The minimum atomic E-state index is -0.753. The second kappa shape index (κ2) is 8.93. The molecule has 2 aromatic carbocycles. The number of hydrogen-bond donors (Lipinski definition) is 1. The molecule has 142 valence electrons. The Morgan fingerprint density at radius 3 is 2.67 bits per heavy atom. The average molecular weight is 370 g/mol. The number of carbonyl (C=O) groups excluding carboxylic acids is 1. The van der Waals surface area contributed by atoms with Crippen LogP contribution in [0, 0.1) is 0 Å². The smallest absolute Gasteiger partial charge is 0.267 e. The molecule has 3 rings (SSSR count). The first kappa shape index (κ1) is 18.6. The van der Waals surface area contributed by atoms with E-state index in [9.17, 15) is 4.79 Å². The van der Waals surface area contributed by atoms with Gasteiger partial charge in [0.25, 0.3) is 5.91 Å². The minimum Gasteiger partial charge on any atom is -0.494 e. The molecule has 27 heavy (non-hydrogen) atoms. The highest BCUT2D eigenvalue weighted by Crippen LogP contribution is 2.32. The maximum Gasteiger partial charge on any atom is 0.267 e. The van der Waals surface area contributed by atoms with E-state index < -0.39 is 6.10 Å². The van der Waals surface area contributed by atoms with Crippen LogP contribution < -0.4 is 19.5 Å². The van der Waals surface area contributed by atoms with Gasteiger partial charge in [-0.2, -0.15) is 0 Å². The van der Waals surface area contributed by atoms with E-state index in [1.165, 1.54) is 0 Å². The van der Waals surface area contributed by atoms with Crippen molar-refractivity contribution in [2.24, 2.45) is 5.16 Å². The molecule has 1 N–H and O–H groups in total. The van der Waals surface area contributed by atoms with E-state index in [2.05, 4.69) is 10.5 Å². The van der Waals surface area contributed by atoms with Gasteiger partial charge in [0.05, 0.1) is 12.8 Å². The lowest BCUT2D eigenvalue weighted by Crippen LogP contribution is -2.26. The van der Waals surface area contributed by atoms with E-state index in [0.717, 1.165) is 11.3 Å². The molecular weight excluding hydrogens is 348 g/mol. The highest BCUT2D eigenvalue weighted by Gasteiger charge is 2.17. The first-order valence-electron chi connectivity index (χ1n) is 8.78. The zero-order valence-corrected chi connectivity index (χ0v) is 15.3. The monoisotopic (exact) mass is 370 g/mol. The van der Waals surface area contributed by atoms with Gasteiger partial charge in [-0.1, -0.05) is 5.16 Å². The fourth-order valence-electron chi connectivity index (χ4n) is 2.41. The summed E-state index contributed by atoms with van der Waals surface area (Å²) in [6.45, 7) is 5.19. The Hall–Kier alpha value is -3.22. The average Bonchev–Trinajstić information content (AvgIpc) is 2.69. The molecule has 1 aliphatic heterocycles. The van der Waals surface area contributed by atoms with Crippen molar-refractivity contribution in [2.45, 2.75) is 20.0 Å². The molecule has 0 fully saturated rings. The molecule has 1 aliphatic rings. The van der Waals surface area contributed by atoms with E-state index in [1.807, 2.05) is 31.2 Å². The summed E-state index contributed by atoms with van der Waals surface area (Å²) < 4.78 is 16.3. The van der Waals surface area contributed by atoms with Crippen LogP contribution in [0.3, 0.4) is 0 Å². The number of carbonyl (C=O) groups is 1. The summed E-state index contributed by atoms with van der Waals surface area (Å²) in [6.07, 6.45) is 0.793. The lowest BCUT2D eigenvalue weighted by atomic mass is 10.2. The third kappa shape index (κ3) is 5.13. The van der Waals surface area contributed by atoms with Gasteiger partial charge in [-0.25, -0.2) is 0 Å². The number of oxime groups is 1. The van der Waals surface area contributed by atoms with Crippen LogP contribution in [0.4, 0.5) is 5.69 Å². The highest BCUT2D eigenvalue weighted by atomic mass is 16.6. The number of benzene rings is 2. The molecule has 0 radical (unpaired) electrons. The van der Waals surface area contributed by atoms with Gasteiger partial charge in [0.2, 0.25) is 6.10 Å². The minimum absolute atomic E-state index is 0.310. The van der Waals surface area contributed by atoms with Crippen molar-refractivity contribution >= 4 is 17.8 Å². The van der Waals surface area contributed by atoms with Crippen LogP contribution >= 0.6 is 0 Å². The van der Waals surface area contributed by atoms with Crippen LogP contribution in [0.2, 0.25) is 0 Å². The van der Waals surface area contributed by atoms with Gasteiger partial charge in [0.1, 0.15) is 19.0 Å². The molecule has 0 aromatic heterocycles. The van der Waals surface area contributed by atoms with Crippen molar-refractivity contribution < 1.29 is 23.8 Å². The number of ether oxygens (including phenoxy) is 3. The van der Waals surface area contributed by atoms with Gasteiger partial charge in [0.15, 0.2) is 11.5 Å². The summed E-state index contributed by atoms with van der Waals surface area (Å²) in [5.41, 5.74) is 1.45. The summed E-state index contributed by atoms with van der Waals surface area (Å²) in [5.74, 6) is 1.77. The zero-order valence-electron chi connectivity index (χ0n) is 15.3. The third-order valence-electron chi connectivity index (χ3n) is 3.79. The predicted octanol–water partition coefficient (Wildman–Crippen LogP) is 3.23. The largest absolute Gasteiger partial charge is 0.494 e. The molecule has 1 heterocycles. The van der Waals surface area contributed by atoms with E-state index >= 15 is 0 Å². The van der Waals surface area contributed by atoms with Crippen LogP contribution in [0.15, 0.2) is 47.6 Å². The second-order valence-electron chi connectivity index (χ2n) is 5.83. The maximum absolute atomic E-state index is 12.2. The number of hydrogen-bond acceptors (Lipinski definition) is 6. The SMILES string of the molecule is CCOc1ccc(/C=N\O[C@H](C)C(=O)Nc2ccc3c(c2)OCCO3)cc1. The maximum atomic E-state index is 12.2. The van der Waals surface area contributed by atoms with E-state index in [-0.39, 0.29) is 5.91 Å². The standard InChI is InChI=1S/C20H22N2O5/c1-3-24-17-7-4-15(5-8-17)13-21-27-14(2)20(23)22-16-6-9-18-19(12-16)26-11-10-25-18/h4-9,12-14H,3,10-11H2,1-2H3,(H,22,23)/b21-13-/t14-/m1/s1. The molecule has 0 saturated heterocycles. The topological polar surface area (TPSA) is 78.4 Å². The van der Waals surface area contributed by atoms with Gasteiger partial charge in [-0.15, -0.1) is 0 Å². The molecule has 0 saturated carbocycles. The van der Waals surface area contributed by atoms with Crippen LogP contribution in [0.5, 0.6) is 17.2 Å². The lowest BCUT2D eigenvalue weighted by Gasteiger charge is -2.19. The first-order valence-corrected chi connectivity index (χ1v) is 8.78. The Morgan fingerprint density at radius 2 is 1.93 bits per heavy atom. The summed E-state index contributed by atoms with van der Waals surface area (Å²) >= 11 is 0. The second-order valence-corrected chi connectivity index (χ2v) is 5.83. The third-order valence-corrected chi connectivity index (χ3v) is 3.79. The molecule has 0 spiro atoms. The van der Waals surface area contributed by atoms with Crippen molar-refractivity contribution in [3.05, 3.63) is 48.0 Å². The van der Waals surface area contributed by atoms with Crippen LogP contribution in [0.1, 0.15) is 19.4 Å². The predicted molar refractivity (Wildman–Crippen MR) is 102 cm³/mol. The molecule has 0 bridgehead atoms. The molecule has 2 aromatic rings. The molecule has 0 aliphatic carbocycles. The van der Waals surface area contributed by atoms with Crippen molar-refractivity contribution in [2.75, 3.05) is 25.1 Å². The summed E-state index contributed by atoms with van der Waals surface area (Å²) in [6, 6.07) is 12.7. The fraction of sp³-hybridized carbons (Fsp3) is 0.300. The molecular formula is C20H22N2O5. The number of amides is 1. The quantitative estimate of drug-likeness (QED) is 0.598. The Kier molecular flexibility index (Phi) is 6.14. The van der Waals surface area contributed by atoms with E-state index in [1.54, 1.807) is 31.3 Å². The molecule has 7 nitrogen and oxygen atoms in total. The van der Waals surface area contributed by atoms with E-state index in [0.29, 0.717) is 37.0 Å². The van der Waals surface area contributed by atoms with Crippen molar-refractivity contribution in [1.82, 2.24) is 0 Å². The Labute approximate surface area is 157 Å². The molecule has 0 unspecified atom stereocenters. The number of anilines is 1. The normalized spacial score (nSPS) is 13.9. The van der Waals surface area contributed by atoms with Gasteiger partial charge in [-0.3, -0.25) is 4.79 Å². The molecule has 1 amide bonds. The fourth-order valence-corrected chi connectivity index (χ4v) is 2.41. The summed E-state index contributed by atoms with van der Waals surface area (Å²) in [4.78, 5) is 17.5. The number of rotatable bonds is 7. The van der Waals surface area contributed by atoms with Crippen LogP contribution in [-0.4, -0.2) is 38.0 Å². The molecule has 7 heteroatoms. The van der Waals surface area contributed by atoms with Gasteiger partial charge in [-0.05, 0) is 55.8 Å². The van der Waals surface area contributed by atoms with E-state index in [4.69, 9.17) is 19.0 Å². The van der Waals surface area contributed by atoms with Gasteiger partial charge in [0, 0.05) is 11.8 Å². The Morgan fingerprint density at radius 1 is 1.19 bits per heavy atom. The van der Waals surface area contributed by atoms with Crippen molar-refractivity contribution in [3.8, 4) is 17.2 Å². The zero-order chi connectivity index (χ0) is 19.1.